The van der Waals surface area contributed by atoms with E-state index in [0.717, 1.165) is 24.1 Å². The zero-order chi connectivity index (χ0) is 22.2. The monoisotopic (exact) mass is 460 g/mol. The van der Waals surface area contributed by atoms with Crippen molar-refractivity contribution in [1.82, 2.24) is 0 Å². The van der Waals surface area contributed by atoms with Crippen LogP contribution in [0.2, 0.25) is 5.02 Å². The summed E-state index contributed by atoms with van der Waals surface area (Å²) in [6, 6.07) is 11.4. The van der Waals surface area contributed by atoms with Gasteiger partial charge in [0.05, 0.1) is 13.4 Å². The van der Waals surface area contributed by atoms with Crippen LogP contribution in [0.25, 0.3) is 0 Å². The van der Waals surface area contributed by atoms with E-state index in [1.807, 2.05) is 0 Å². The van der Waals surface area contributed by atoms with Gasteiger partial charge in [0.25, 0.3) is 15.9 Å². The summed E-state index contributed by atoms with van der Waals surface area (Å²) in [6.45, 7) is 2.34. The Balaban J connectivity index is 1.64. The number of anilines is 2. The van der Waals surface area contributed by atoms with Crippen molar-refractivity contribution in [1.29, 1.82) is 0 Å². The molecule has 0 spiro atoms. The van der Waals surface area contributed by atoms with Crippen molar-refractivity contribution >= 4 is 38.9 Å². The lowest BCUT2D eigenvalue weighted by molar-refractivity contribution is 0.0958. The number of amides is 1. The number of ether oxygens (including phenoxy) is 1. The summed E-state index contributed by atoms with van der Waals surface area (Å²) in [5.74, 6) is 0.252. The van der Waals surface area contributed by atoms with Gasteiger partial charge in [-0.25, -0.2) is 8.42 Å². The fraction of sp³-hybridized carbons (Fsp3) is 0.227. The van der Waals surface area contributed by atoms with Gasteiger partial charge in [-0.05, 0) is 73.4 Å². The average Bonchev–Trinajstić information content (AvgIpc) is 3.28. The molecule has 1 aliphatic rings. The minimum Gasteiger partial charge on any atom is -0.495 e. The van der Waals surface area contributed by atoms with Crippen LogP contribution in [-0.4, -0.2) is 28.0 Å². The quantitative estimate of drug-likeness (QED) is 0.599. The van der Waals surface area contributed by atoms with E-state index in [9.17, 15) is 13.2 Å². The molecule has 162 valence electrons. The summed E-state index contributed by atoms with van der Waals surface area (Å²) < 4.78 is 39.1. The molecule has 0 unspecified atom stereocenters. The highest BCUT2D eigenvalue weighted by Gasteiger charge is 2.26. The van der Waals surface area contributed by atoms with Gasteiger partial charge < -0.3 is 14.1 Å². The van der Waals surface area contributed by atoms with Crippen LogP contribution in [0.4, 0.5) is 11.4 Å². The number of aryl methyl sites for hydroxylation is 2. The topological polar surface area (TPSA) is 88.9 Å². The van der Waals surface area contributed by atoms with Crippen LogP contribution in [-0.2, 0) is 16.4 Å². The first kappa shape index (κ1) is 21.3. The molecule has 0 radical (unpaired) electrons. The number of furan rings is 1. The zero-order valence-corrected chi connectivity index (χ0v) is 18.6. The van der Waals surface area contributed by atoms with E-state index in [0.29, 0.717) is 22.8 Å². The zero-order valence-electron chi connectivity index (χ0n) is 17.0. The molecule has 0 fully saturated rings. The number of hydrogen-bond donors (Lipinski definition) is 1. The molecule has 4 rings (SSSR count). The van der Waals surface area contributed by atoms with Gasteiger partial charge in [0.2, 0.25) is 0 Å². The molecule has 0 aliphatic carbocycles. The maximum absolute atomic E-state index is 13.0. The van der Waals surface area contributed by atoms with Crippen LogP contribution in [0.15, 0.2) is 58.0 Å². The van der Waals surface area contributed by atoms with Gasteiger partial charge in [-0.3, -0.25) is 9.52 Å². The lowest BCUT2D eigenvalue weighted by atomic mass is 10.0. The molecule has 31 heavy (non-hydrogen) atoms. The number of sulfonamides is 1. The number of hydrogen-bond acceptors (Lipinski definition) is 5. The molecular weight excluding hydrogens is 440 g/mol. The summed E-state index contributed by atoms with van der Waals surface area (Å²) in [6.07, 6.45) is 2.95. The Morgan fingerprint density at radius 1 is 1.23 bits per heavy atom. The summed E-state index contributed by atoms with van der Waals surface area (Å²) in [5.41, 5.74) is 2.73. The fourth-order valence-corrected chi connectivity index (χ4v) is 5.08. The van der Waals surface area contributed by atoms with E-state index >= 15 is 0 Å². The summed E-state index contributed by atoms with van der Waals surface area (Å²) in [5, 5.41) is 0.332. The van der Waals surface area contributed by atoms with Gasteiger partial charge in [0, 0.05) is 22.9 Å². The minimum absolute atomic E-state index is 0.0436. The van der Waals surface area contributed by atoms with Gasteiger partial charge in [-0.1, -0.05) is 11.6 Å². The van der Waals surface area contributed by atoms with Crippen molar-refractivity contribution in [3.63, 3.8) is 0 Å². The Hall–Kier alpha value is -2.97. The highest BCUT2D eigenvalue weighted by Crippen LogP contribution is 2.34. The Kier molecular flexibility index (Phi) is 5.68. The van der Waals surface area contributed by atoms with Gasteiger partial charge >= 0.3 is 0 Å². The maximum atomic E-state index is 13.0. The summed E-state index contributed by atoms with van der Waals surface area (Å²) >= 11 is 6.14. The van der Waals surface area contributed by atoms with Crippen molar-refractivity contribution < 1.29 is 22.4 Å². The van der Waals surface area contributed by atoms with Gasteiger partial charge in [0.1, 0.15) is 10.6 Å². The van der Waals surface area contributed by atoms with E-state index in [2.05, 4.69) is 4.72 Å². The number of methoxy groups -OCH3 is 1. The normalized spacial score (nSPS) is 13.6. The van der Waals surface area contributed by atoms with Crippen LogP contribution in [0.5, 0.6) is 5.75 Å². The van der Waals surface area contributed by atoms with E-state index < -0.39 is 10.0 Å². The van der Waals surface area contributed by atoms with Crippen LogP contribution >= 0.6 is 11.6 Å². The molecular formula is C22H21ClN2O5S. The second kappa shape index (κ2) is 8.28. The second-order valence-corrected chi connectivity index (χ2v) is 9.30. The molecule has 3 aromatic rings. The standard InChI is InChI=1S/C22H21ClN2O5S/c1-14-11-20(29-2)21(13-17(14)23)31(27,28)24-16-7-8-18-15(12-16)5-3-9-25(18)22(26)19-6-4-10-30-19/h4,6-8,10-13,24H,3,5,9H2,1-2H3. The largest absolute Gasteiger partial charge is 0.495 e. The molecule has 1 aromatic heterocycles. The SMILES string of the molecule is COc1cc(C)c(Cl)cc1S(=O)(=O)Nc1ccc2c(c1)CCCN2C(=O)c1ccco1. The molecule has 0 saturated carbocycles. The Morgan fingerprint density at radius 3 is 2.74 bits per heavy atom. The van der Waals surface area contributed by atoms with Crippen molar-refractivity contribution in [3.05, 3.63) is 70.6 Å². The lowest BCUT2D eigenvalue weighted by Crippen LogP contribution is -2.35. The number of nitrogens with one attached hydrogen (secondary N) is 1. The molecule has 1 amide bonds. The minimum atomic E-state index is -3.94. The number of nitrogens with zero attached hydrogens (tertiary/aromatic N) is 1. The Labute approximate surface area is 185 Å². The molecule has 0 atom stereocenters. The van der Waals surface area contributed by atoms with E-state index in [1.54, 1.807) is 48.2 Å². The molecule has 2 heterocycles. The third-order valence-electron chi connectivity index (χ3n) is 5.16. The van der Waals surface area contributed by atoms with Crippen molar-refractivity contribution in [2.75, 3.05) is 23.3 Å². The predicted molar refractivity (Wildman–Crippen MR) is 119 cm³/mol. The lowest BCUT2D eigenvalue weighted by Gasteiger charge is -2.29. The highest BCUT2D eigenvalue weighted by atomic mass is 35.5. The molecule has 7 nitrogen and oxygen atoms in total. The van der Waals surface area contributed by atoms with Crippen molar-refractivity contribution in [2.24, 2.45) is 0 Å². The number of benzene rings is 2. The first-order valence-electron chi connectivity index (χ1n) is 9.65. The molecule has 9 heteroatoms. The van der Waals surface area contributed by atoms with E-state index in [-0.39, 0.29) is 22.3 Å². The number of carbonyl (C=O) groups is 1. The third kappa shape index (κ3) is 4.13. The van der Waals surface area contributed by atoms with Crippen molar-refractivity contribution in [3.8, 4) is 5.75 Å². The van der Waals surface area contributed by atoms with Crippen LogP contribution in [0.1, 0.15) is 28.1 Å². The van der Waals surface area contributed by atoms with E-state index in [1.165, 1.54) is 19.4 Å². The molecule has 2 aromatic carbocycles. The Morgan fingerprint density at radius 2 is 2.03 bits per heavy atom. The van der Waals surface area contributed by atoms with Crippen LogP contribution in [0.3, 0.4) is 0 Å². The predicted octanol–water partition coefficient (Wildman–Crippen LogP) is 4.64. The third-order valence-corrected chi connectivity index (χ3v) is 6.97. The van der Waals surface area contributed by atoms with Gasteiger partial charge in [-0.15, -0.1) is 0 Å². The molecule has 1 aliphatic heterocycles. The van der Waals surface area contributed by atoms with Gasteiger partial charge in [0.15, 0.2) is 5.76 Å². The van der Waals surface area contributed by atoms with Gasteiger partial charge in [-0.2, -0.15) is 0 Å². The second-order valence-electron chi connectivity index (χ2n) is 7.24. The number of halogens is 1. The smallest absolute Gasteiger partial charge is 0.293 e. The highest BCUT2D eigenvalue weighted by molar-refractivity contribution is 7.92. The number of carbonyl (C=O) groups excluding carboxylic acids is 1. The number of rotatable bonds is 5. The number of fused-ring (bicyclic) bond motifs is 1. The van der Waals surface area contributed by atoms with E-state index in [4.69, 9.17) is 20.8 Å². The average molecular weight is 461 g/mol. The maximum Gasteiger partial charge on any atom is 0.293 e. The summed E-state index contributed by atoms with van der Waals surface area (Å²) in [4.78, 5) is 14.4. The molecule has 1 N–H and O–H groups in total. The summed E-state index contributed by atoms with van der Waals surface area (Å²) in [7, 11) is -2.53. The fourth-order valence-electron chi connectivity index (χ4n) is 3.62. The molecule has 0 bridgehead atoms. The first-order valence-corrected chi connectivity index (χ1v) is 11.5. The van der Waals surface area contributed by atoms with Crippen LogP contribution in [0, 0.1) is 6.92 Å². The van der Waals surface area contributed by atoms with Crippen molar-refractivity contribution in [2.45, 2.75) is 24.7 Å². The molecule has 0 saturated heterocycles. The van der Waals surface area contributed by atoms with Crippen LogP contribution < -0.4 is 14.4 Å². The first-order chi connectivity index (χ1) is 14.8. The Bertz CT molecular complexity index is 1240.